The summed E-state index contributed by atoms with van der Waals surface area (Å²) in [5, 5.41) is 0. The molecule has 0 bridgehead atoms. The maximum absolute atomic E-state index is 13.3. The van der Waals surface area contributed by atoms with Crippen LogP contribution in [0, 0.1) is 12.7 Å². The van der Waals surface area contributed by atoms with Gasteiger partial charge in [-0.25, -0.2) is 4.39 Å². The van der Waals surface area contributed by atoms with Gasteiger partial charge in [0.15, 0.2) is 5.78 Å². The van der Waals surface area contributed by atoms with Gasteiger partial charge in [0.05, 0.1) is 0 Å². The lowest BCUT2D eigenvalue weighted by atomic mass is 10.0. The molecule has 0 aliphatic carbocycles. The van der Waals surface area contributed by atoms with Gasteiger partial charge in [0.2, 0.25) is 0 Å². The Labute approximate surface area is 106 Å². The van der Waals surface area contributed by atoms with Crippen molar-refractivity contribution in [1.82, 2.24) is 0 Å². The molecule has 0 saturated heterocycles. The minimum Gasteiger partial charge on any atom is -0.294 e. The van der Waals surface area contributed by atoms with E-state index in [0.717, 1.165) is 16.7 Å². The predicted octanol–water partition coefficient (Wildman–Crippen LogP) is 4.39. The van der Waals surface area contributed by atoms with Crippen molar-refractivity contribution in [2.75, 3.05) is 0 Å². The van der Waals surface area contributed by atoms with Crippen molar-refractivity contribution in [3.8, 4) is 11.1 Å². The Morgan fingerprint density at radius 2 is 1.72 bits per heavy atom. The highest BCUT2D eigenvalue weighted by molar-refractivity contribution is 5.96. The molecular weight excluding hydrogens is 227 g/mol. The summed E-state index contributed by atoms with van der Waals surface area (Å²) >= 11 is 0. The maximum Gasteiger partial charge on any atom is 0.162 e. The second-order valence-corrected chi connectivity index (χ2v) is 4.37. The zero-order chi connectivity index (χ0) is 13.1. The van der Waals surface area contributed by atoms with Crippen molar-refractivity contribution in [3.05, 3.63) is 59.4 Å². The van der Waals surface area contributed by atoms with Crippen LogP contribution in [0.3, 0.4) is 0 Å². The molecule has 0 unspecified atom stereocenters. The largest absolute Gasteiger partial charge is 0.294 e. The Balaban J connectivity index is 2.37. The number of Topliss-reactive ketones (excluding diaryl/α,β-unsaturated/α-hetero) is 1. The van der Waals surface area contributed by atoms with E-state index in [1.54, 1.807) is 12.1 Å². The average Bonchev–Trinajstić information content (AvgIpc) is 2.37. The van der Waals surface area contributed by atoms with Crippen LogP contribution < -0.4 is 0 Å². The molecule has 18 heavy (non-hydrogen) atoms. The number of hydrogen-bond acceptors (Lipinski definition) is 1. The van der Waals surface area contributed by atoms with Crippen LogP contribution in [0.25, 0.3) is 11.1 Å². The van der Waals surface area contributed by atoms with E-state index in [1.165, 1.54) is 12.1 Å². The van der Waals surface area contributed by atoms with Crippen LogP contribution in [0.5, 0.6) is 0 Å². The molecule has 0 radical (unpaired) electrons. The molecule has 0 saturated carbocycles. The molecule has 0 amide bonds. The van der Waals surface area contributed by atoms with Crippen LogP contribution in [-0.4, -0.2) is 5.78 Å². The molecule has 2 aromatic rings. The van der Waals surface area contributed by atoms with Gasteiger partial charge in [-0.05, 0) is 35.7 Å². The lowest BCUT2D eigenvalue weighted by molar-refractivity contribution is 0.0988. The summed E-state index contributed by atoms with van der Waals surface area (Å²) in [6.07, 6.45) is 0.498. The topological polar surface area (TPSA) is 17.1 Å². The third-order valence-electron chi connectivity index (χ3n) is 2.90. The standard InChI is InChI=1S/C16H15FO/c1-3-16(18)13-6-4-12(5-7-13)14-8-11(2)9-15(17)10-14/h4-10H,3H2,1-2H3. The van der Waals surface area contributed by atoms with Gasteiger partial charge < -0.3 is 0 Å². The molecule has 2 aromatic carbocycles. The van der Waals surface area contributed by atoms with Crippen LogP contribution in [0.2, 0.25) is 0 Å². The minimum atomic E-state index is -0.237. The third-order valence-corrected chi connectivity index (χ3v) is 2.90. The minimum absolute atomic E-state index is 0.122. The molecule has 0 heterocycles. The molecule has 0 atom stereocenters. The first-order chi connectivity index (χ1) is 8.60. The molecule has 2 heteroatoms. The number of carbonyl (C=O) groups is 1. The van der Waals surface area contributed by atoms with E-state index >= 15 is 0 Å². The second-order valence-electron chi connectivity index (χ2n) is 4.37. The predicted molar refractivity (Wildman–Crippen MR) is 71.2 cm³/mol. The zero-order valence-corrected chi connectivity index (χ0v) is 10.5. The van der Waals surface area contributed by atoms with Crippen molar-refractivity contribution in [1.29, 1.82) is 0 Å². The van der Waals surface area contributed by atoms with Crippen LogP contribution in [0.1, 0.15) is 29.3 Å². The van der Waals surface area contributed by atoms with Crippen molar-refractivity contribution >= 4 is 5.78 Å². The van der Waals surface area contributed by atoms with Crippen LogP contribution in [-0.2, 0) is 0 Å². The van der Waals surface area contributed by atoms with Gasteiger partial charge in [0.25, 0.3) is 0 Å². The summed E-state index contributed by atoms with van der Waals surface area (Å²) in [6, 6.07) is 12.2. The molecule has 0 spiro atoms. The first kappa shape index (κ1) is 12.5. The smallest absolute Gasteiger partial charge is 0.162 e. The second kappa shape index (κ2) is 5.13. The van der Waals surface area contributed by atoms with E-state index < -0.39 is 0 Å². The number of carbonyl (C=O) groups excluding carboxylic acids is 1. The van der Waals surface area contributed by atoms with E-state index in [1.807, 2.05) is 32.0 Å². The number of rotatable bonds is 3. The Bertz CT molecular complexity index is 550. The van der Waals surface area contributed by atoms with Crippen LogP contribution in [0.4, 0.5) is 4.39 Å². The summed E-state index contributed by atoms with van der Waals surface area (Å²) in [5.41, 5.74) is 3.35. The molecule has 0 aliphatic rings. The van der Waals surface area contributed by atoms with Gasteiger partial charge in [0.1, 0.15) is 5.82 Å². The van der Waals surface area contributed by atoms with E-state index in [9.17, 15) is 9.18 Å². The van der Waals surface area contributed by atoms with Crippen molar-refractivity contribution < 1.29 is 9.18 Å². The summed E-state index contributed by atoms with van der Waals surface area (Å²) < 4.78 is 13.3. The Kier molecular flexibility index (Phi) is 3.56. The number of benzene rings is 2. The Hall–Kier alpha value is -1.96. The molecule has 0 aromatic heterocycles. The first-order valence-corrected chi connectivity index (χ1v) is 6.01. The highest BCUT2D eigenvalue weighted by atomic mass is 19.1. The van der Waals surface area contributed by atoms with E-state index in [2.05, 4.69) is 0 Å². The fourth-order valence-corrected chi connectivity index (χ4v) is 1.96. The highest BCUT2D eigenvalue weighted by Crippen LogP contribution is 2.22. The number of hydrogen-bond donors (Lipinski definition) is 0. The molecule has 1 nitrogen and oxygen atoms in total. The SMILES string of the molecule is CCC(=O)c1ccc(-c2cc(C)cc(F)c2)cc1. The van der Waals surface area contributed by atoms with Gasteiger partial charge >= 0.3 is 0 Å². The quantitative estimate of drug-likeness (QED) is 0.729. The normalized spacial score (nSPS) is 10.4. The zero-order valence-electron chi connectivity index (χ0n) is 10.5. The molecule has 0 aliphatic heterocycles. The Morgan fingerprint density at radius 1 is 1.06 bits per heavy atom. The first-order valence-electron chi connectivity index (χ1n) is 6.01. The monoisotopic (exact) mass is 242 g/mol. The maximum atomic E-state index is 13.3. The number of halogens is 1. The lowest BCUT2D eigenvalue weighted by Gasteiger charge is -2.05. The van der Waals surface area contributed by atoms with Gasteiger partial charge in [0, 0.05) is 12.0 Å². The van der Waals surface area contributed by atoms with E-state index in [-0.39, 0.29) is 11.6 Å². The number of ketones is 1. The number of aryl methyl sites for hydroxylation is 1. The van der Waals surface area contributed by atoms with Crippen molar-refractivity contribution in [2.45, 2.75) is 20.3 Å². The molecule has 0 fully saturated rings. The highest BCUT2D eigenvalue weighted by Gasteiger charge is 2.05. The van der Waals surface area contributed by atoms with Gasteiger partial charge in [-0.15, -0.1) is 0 Å². The fraction of sp³-hybridized carbons (Fsp3) is 0.188. The van der Waals surface area contributed by atoms with Crippen LogP contribution >= 0.6 is 0 Å². The van der Waals surface area contributed by atoms with Crippen molar-refractivity contribution in [2.24, 2.45) is 0 Å². The molecule has 2 rings (SSSR count). The molecule has 92 valence electrons. The summed E-state index contributed by atoms with van der Waals surface area (Å²) in [4.78, 5) is 11.5. The van der Waals surface area contributed by atoms with E-state index in [4.69, 9.17) is 0 Å². The molecule has 0 N–H and O–H groups in total. The van der Waals surface area contributed by atoms with Crippen LogP contribution in [0.15, 0.2) is 42.5 Å². The van der Waals surface area contributed by atoms with Gasteiger partial charge in [-0.2, -0.15) is 0 Å². The average molecular weight is 242 g/mol. The molecular formula is C16H15FO. The van der Waals surface area contributed by atoms with E-state index in [0.29, 0.717) is 12.0 Å². The van der Waals surface area contributed by atoms with Gasteiger partial charge in [-0.1, -0.05) is 37.3 Å². The Morgan fingerprint density at radius 3 is 2.28 bits per heavy atom. The van der Waals surface area contributed by atoms with Gasteiger partial charge in [-0.3, -0.25) is 4.79 Å². The summed E-state index contributed by atoms with van der Waals surface area (Å²) in [6.45, 7) is 3.70. The summed E-state index contributed by atoms with van der Waals surface area (Å²) in [5.74, 6) is -0.115. The van der Waals surface area contributed by atoms with Crippen molar-refractivity contribution in [3.63, 3.8) is 0 Å². The lowest BCUT2D eigenvalue weighted by Crippen LogP contribution is -1.95. The summed E-state index contributed by atoms with van der Waals surface area (Å²) in [7, 11) is 0. The third kappa shape index (κ3) is 2.65. The fourth-order valence-electron chi connectivity index (χ4n) is 1.96.